The molecule has 1 saturated heterocycles. The van der Waals surface area contributed by atoms with Crippen LogP contribution in [0.2, 0.25) is 0 Å². The third-order valence-corrected chi connectivity index (χ3v) is 3.58. The highest BCUT2D eigenvalue weighted by Crippen LogP contribution is 2.18. The van der Waals surface area contributed by atoms with Crippen LogP contribution in [0, 0.1) is 0 Å². The second-order valence-corrected chi connectivity index (χ2v) is 4.65. The van der Waals surface area contributed by atoms with Crippen LogP contribution in [0.4, 0.5) is 0 Å². The Labute approximate surface area is 93.3 Å². The Hall–Kier alpha value is -0.870. The van der Waals surface area contributed by atoms with Gasteiger partial charge in [-0.1, -0.05) is 0 Å². The van der Waals surface area contributed by atoms with E-state index in [1.54, 1.807) is 11.3 Å². The van der Waals surface area contributed by atoms with Crippen molar-refractivity contribution in [1.82, 2.24) is 4.90 Å². The smallest absolute Gasteiger partial charge is 0.227 e. The monoisotopic (exact) mass is 225 g/mol. The minimum absolute atomic E-state index is 0.0520. The molecule has 0 radical (unpaired) electrons. The average molecular weight is 225 g/mol. The highest BCUT2D eigenvalue weighted by atomic mass is 32.1. The van der Waals surface area contributed by atoms with Gasteiger partial charge in [-0.15, -0.1) is 0 Å². The van der Waals surface area contributed by atoms with Crippen molar-refractivity contribution in [1.29, 1.82) is 0 Å². The van der Waals surface area contributed by atoms with E-state index in [0.29, 0.717) is 6.42 Å². The molecule has 2 heterocycles. The van der Waals surface area contributed by atoms with E-state index in [2.05, 4.69) is 0 Å². The van der Waals surface area contributed by atoms with E-state index in [-0.39, 0.29) is 18.6 Å². The maximum Gasteiger partial charge on any atom is 0.227 e. The van der Waals surface area contributed by atoms with E-state index in [1.807, 2.05) is 21.7 Å². The molecule has 0 aliphatic carbocycles. The molecule has 0 spiro atoms. The van der Waals surface area contributed by atoms with E-state index in [4.69, 9.17) is 5.11 Å². The van der Waals surface area contributed by atoms with Crippen LogP contribution >= 0.6 is 11.3 Å². The van der Waals surface area contributed by atoms with E-state index in [0.717, 1.165) is 24.9 Å². The number of amides is 1. The molecule has 4 heteroatoms. The summed E-state index contributed by atoms with van der Waals surface area (Å²) in [7, 11) is 0. The third-order valence-electron chi connectivity index (χ3n) is 2.84. The maximum absolute atomic E-state index is 11.9. The minimum atomic E-state index is 0.0520. The second-order valence-electron chi connectivity index (χ2n) is 3.87. The molecule has 0 aromatic carbocycles. The highest BCUT2D eigenvalue weighted by molar-refractivity contribution is 7.07. The van der Waals surface area contributed by atoms with Crippen molar-refractivity contribution in [2.45, 2.75) is 25.3 Å². The molecule has 1 aliphatic heterocycles. The quantitative estimate of drug-likeness (QED) is 0.841. The van der Waals surface area contributed by atoms with Crippen molar-refractivity contribution in [3.05, 3.63) is 22.4 Å². The molecule has 1 N–H and O–H groups in total. The van der Waals surface area contributed by atoms with Crippen LogP contribution in [0.3, 0.4) is 0 Å². The van der Waals surface area contributed by atoms with Gasteiger partial charge in [0, 0.05) is 6.54 Å². The number of carbonyl (C=O) groups is 1. The molecule has 1 fully saturated rings. The number of aliphatic hydroxyl groups is 1. The number of rotatable bonds is 3. The van der Waals surface area contributed by atoms with Crippen LogP contribution in [0.15, 0.2) is 16.8 Å². The Balaban J connectivity index is 1.96. The lowest BCUT2D eigenvalue weighted by Gasteiger charge is -2.22. The van der Waals surface area contributed by atoms with Gasteiger partial charge in [-0.2, -0.15) is 11.3 Å². The van der Waals surface area contributed by atoms with Gasteiger partial charge in [0.25, 0.3) is 0 Å². The lowest BCUT2D eigenvalue weighted by molar-refractivity contribution is -0.131. The number of hydrogen-bond donors (Lipinski definition) is 1. The van der Waals surface area contributed by atoms with Crippen molar-refractivity contribution < 1.29 is 9.90 Å². The number of hydrogen-bond acceptors (Lipinski definition) is 3. The van der Waals surface area contributed by atoms with Gasteiger partial charge < -0.3 is 10.0 Å². The molecule has 0 saturated carbocycles. The molecule has 1 atom stereocenters. The summed E-state index contributed by atoms with van der Waals surface area (Å²) >= 11 is 1.61. The summed E-state index contributed by atoms with van der Waals surface area (Å²) in [6.45, 7) is 0.892. The fourth-order valence-electron chi connectivity index (χ4n) is 2.02. The zero-order chi connectivity index (χ0) is 10.7. The molecule has 1 aromatic heterocycles. The van der Waals surface area contributed by atoms with E-state index in [9.17, 15) is 4.79 Å². The summed E-state index contributed by atoms with van der Waals surface area (Å²) in [5, 5.41) is 13.1. The van der Waals surface area contributed by atoms with Gasteiger partial charge in [-0.05, 0) is 35.2 Å². The number of carbonyl (C=O) groups excluding carboxylic acids is 1. The maximum atomic E-state index is 11.9. The Morgan fingerprint density at radius 1 is 1.67 bits per heavy atom. The van der Waals surface area contributed by atoms with Gasteiger partial charge in [-0.25, -0.2) is 0 Å². The van der Waals surface area contributed by atoms with Gasteiger partial charge >= 0.3 is 0 Å². The molecular weight excluding hydrogens is 210 g/mol. The van der Waals surface area contributed by atoms with Gasteiger partial charge in [-0.3, -0.25) is 4.79 Å². The second kappa shape index (κ2) is 4.77. The zero-order valence-electron chi connectivity index (χ0n) is 8.56. The Morgan fingerprint density at radius 2 is 2.53 bits per heavy atom. The van der Waals surface area contributed by atoms with Gasteiger partial charge in [0.1, 0.15) is 0 Å². The molecule has 0 bridgehead atoms. The first-order chi connectivity index (χ1) is 7.31. The van der Waals surface area contributed by atoms with Gasteiger partial charge in [0.05, 0.1) is 19.1 Å². The zero-order valence-corrected chi connectivity index (χ0v) is 9.37. The van der Waals surface area contributed by atoms with Crippen molar-refractivity contribution >= 4 is 17.2 Å². The molecule has 2 rings (SSSR count). The number of thiophene rings is 1. The van der Waals surface area contributed by atoms with Crippen molar-refractivity contribution in [3.8, 4) is 0 Å². The highest BCUT2D eigenvalue weighted by Gasteiger charge is 2.27. The van der Waals surface area contributed by atoms with Crippen LogP contribution in [0.25, 0.3) is 0 Å². The van der Waals surface area contributed by atoms with Crippen molar-refractivity contribution in [2.75, 3.05) is 13.2 Å². The normalized spacial score (nSPS) is 20.9. The summed E-state index contributed by atoms with van der Waals surface area (Å²) in [6, 6.07) is 2.03. The van der Waals surface area contributed by atoms with Crippen molar-refractivity contribution in [2.24, 2.45) is 0 Å². The molecule has 82 valence electrons. The molecular formula is C11H15NO2S. The topological polar surface area (TPSA) is 40.5 Å². The van der Waals surface area contributed by atoms with E-state index >= 15 is 0 Å². The standard InChI is InChI=1S/C11H15NO2S/c13-7-10-2-1-4-12(10)11(14)6-9-3-5-15-8-9/h3,5,8,10,13H,1-2,4,6-7H2. The predicted molar refractivity (Wildman–Crippen MR) is 59.8 cm³/mol. The Kier molecular flexibility index (Phi) is 3.38. The van der Waals surface area contributed by atoms with Crippen LogP contribution in [0.5, 0.6) is 0 Å². The molecule has 1 aliphatic rings. The lowest BCUT2D eigenvalue weighted by Crippen LogP contribution is -2.38. The number of likely N-dealkylation sites (tertiary alicyclic amines) is 1. The van der Waals surface area contributed by atoms with E-state index in [1.165, 1.54) is 0 Å². The number of aliphatic hydroxyl groups excluding tert-OH is 1. The van der Waals surface area contributed by atoms with Gasteiger partial charge in [0.15, 0.2) is 0 Å². The fraction of sp³-hybridized carbons (Fsp3) is 0.545. The third kappa shape index (κ3) is 2.38. The predicted octanol–water partition coefficient (Wildman–Crippen LogP) is 1.27. The minimum Gasteiger partial charge on any atom is -0.394 e. The first kappa shape index (κ1) is 10.6. The van der Waals surface area contributed by atoms with Crippen LogP contribution in [-0.2, 0) is 11.2 Å². The van der Waals surface area contributed by atoms with Crippen LogP contribution in [0.1, 0.15) is 18.4 Å². The van der Waals surface area contributed by atoms with Gasteiger partial charge in [0.2, 0.25) is 5.91 Å². The molecule has 1 aromatic rings. The first-order valence-electron chi connectivity index (χ1n) is 5.22. The Morgan fingerprint density at radius 3 is 3.20 bits per heavy atom. The number of nitrogens with zero attached hydrogens (tertiary/aromatic N) is 1. The summed E-state index contributed by atoms with van der Waals surface area (Å²) in [6.07, 6.45) is 2.42. The van der Waals surface area contributed by atoms with Crippen LogP contribution < -0.4 is 0 Å². The van der Waals surface area contributed by atoms with Crippen molar-refractivity contribution in [3.63, 3.8) is 0 Å². The first-order valence-corrected chi connectivity index (χ1v) is 6.17. The van der Waals surface area contributed by atoms with Crippen LogP contribution in [-0.4, -0.2) is 35.1 Å². The molecule has 15 heavy (non-hydrogen) atoms. The summed E-state index contributed by atoms with van der Waals surface area (Å²) in [4.78, 5) is 13.7. The Bertz CT molecular complexity index is 323. The summed E-state index contributed by atoms with van der Waals surface area (Å²) in [5.74, 6) is 0.143. The van der Waals surface area contributed by atoms with E-state index < -0.39 is 0 Å². The molecule has 1 amide bonds. The fourth-order valence-corrected chi connectivity index (χ4v) is 2.69. The molecule has 3 nitrogen and oxygen atoms in total. The summed E-state index contributed by atoms with van der Waals surface area (Å²) < 4.78 is 0. The largest absolute Gasteiger partial charge is 0.394 e. The average Bonchev–Trinajstić information content (AvgIpc) is 2.86. The summed E-state index contributed by atoms with van der Waals surface area (Å²) in [5.41, 5.74) is 1.08. The molecule has 1 unspecified atom stereocenters. The SMILES string of the molecule is O=C(Cc1ccsc1)N1CCCC1CO. The lowest BCUT2D eigenvalue weighted by atomic mass is 10.2.